The molecule has 5 nitrogen and oxygen atoms in total. The van der Waals surface area contributed by atoms with E-state index in [0.717, 1.165) is 38.8 Å². The van der Waals surface area contributed by atoms with Crippen molar-refractivity contribution in [3.8, 4) is 0 Å². The van der Waals surface area contributed by atoms with Gasteiger partial charge >= 0.3 is 0 Å². The summed E-state index contributed by atoms with van der Waals surface area (Å²) in [5, 5.41) is 0. The highest BCUT2D eigenvalue weighted by Gasteiger charge is 2.49. The van der Waals surface area contributed by atoms with Gasteiger partial charge in [-0.05, 0) is 81.5 Å². The minimum atomic E-state index is -0.0919. The van der Waals surface area contributed by atoms with Gasteiger partial charge in [-0.2, -0.15) is 0 Å². The van der Waals surface area contributed by atoms with Crippen LogP contribution in [0.15, 0.2) is 0 Å². The third kappa shape index (κ3) is 2.81. The molecule has 0 heterocycles. The number of hydrogen-bond donors (Lipinski definition) is 5. The third-order valence-corrected chi connectivity index (χ3v) is 5.82. The zero-order chi connectivity index (χ0) is 14.0. The van der Waals surface area contributed by atoms with E-state index >= 15 is 0 Å². The van der Waals surface area contributed by atoms with Crippen LogP contribution >= 0.6 is 0 Å². The first kappa shape index (κ1) is 15.2. The van der Waals surface area contributed by atoms with Crippen LogP contribution in [0.5, 0.6) is 0 Å². The molecule has 2 fully saturated rings. The summed E-state index contributed by atoms with van der Waals surface area (Å²) in [5.74, 6) is 2.54. The zero-order valence-electron chi connectivity index (χ0n) is 11.9. The molecule has 0 spiro atoms. The highest BCUT2D eigenvalue weighted by atomic mass is 14.8. The minimum absolute atomic E-state index is 0.0919. The molecular formula is C14H31N5. The molecule has 2 aliphatic rings. The standard InChI is InChI=1S/C14H31N5/c15-5-9-1-13-2-10(6-16)12(8-18)4-14(13,19)3-11(9)7-17/h9-13H,1-8,15-19H2/t9-,10+,11+,12-,13?,14?. The lowest BCUT2D eigenvalue weighted by atomic mass is 9.55. The van der Waals surface area contributed by atoms with Crippen LogP contribution in [0.4, 0.5) is 0 Å². The number of rotatable bonds is 4. The quantitative estimate of drug-likeness (QED) is 0.455. The van der Waals surface area contributed by atoms with Crippen molar-refractivity contribution in [2.24, 2.45) is 58.3 Å². The fourth-order valence-corrected chi connectivity index (χ4v) is 4.54. The Morgan fingerprint density at radius 2 is 1.05 bits per heavy atom. The van der Waals surface area contributed by atoms with E-state index in [2.05, 4.69) is 0 Å². The van der Waals surface area contributed by atoms with Gasteiger partial charge in [0.1, 0.15) is 0 Å². The number of nitrogens with two attached hydrogens (primary N) is 5. The molecule has 0 aromatic carbocycles. The van der Waals surface area contributed by atoms with Gasteiger partial charge in [0.2, 0.25) is 0 Å². The van der Waals surface area contributed by atoms with Crippen molar-refractivity contribution >= 4 is 0 Å². The van der Waals surface area contributed by atoms with E-state index in [0.29, 0.717) is 42.7 Å². The highest BCUT2D eigenvalue weighted by molar-refractivity contribution is 5.05. The Bertz CT molecular complexity index is 272. The first-order chi connectivity index (χ1) is 9.07. The summed E-state index contributed by atoms with van der Waals surface area (Å²) in [7, 11) is 0. The van der Waals surface area contributed by atoms with Crippen LogP contribution in [-0.4, -0.2) is 31.7 Å². The lowest BCUT2D eigenvalue weighted by Crippen LogP contribution is -2.61. The summed E-state index contributed by atoms with van der Waals surface area (Å²) in [6, 6.07) is 0. The smallest absolute Gasteiger partial charge is 0.0189 e. The van der Waals surface area contributed by atoms with E-state index in [-0.39, 0.29) is 5.54 Å². The second kappa shape index (κ2) is 6.06. The van der Waals surface area contributed by atoms with Crippen molar-refractivity contribution in [2.45, 2.75) is 31.2 Å². The van der Waals surface area contributed by atoms with Crippen molar-refractivity contribution in [3.05, 3.63) is 0 Å². The van der Waals surface area contributed by atoms with Crippen LogP contribution < -0.4 is 28.7 Å². The average molecular weight is 269 g/mol. The lowest BCUT2D eigenvalue weighted by molar-refractivity contribution is 0.0107. The Balaban J connectivity index is 2.15. The zero-order valence-corrected chi connectivity index (χ0v) is 11.9. The van der Waals surface area contributed by atoms with Gasteiger partial charge in [0.05, 0.1) is 0 Å². The van der Waals surface area contributed by atoms with Crippen LogP contribution in [0, 0.1) is 29.6 Å². The van der Waals surface area contributed by atoms with Gasteiger partial charge in [-0.15, -0.1) is 0 Å². The Hall–Kier alpha value is -0.200. The summed E-state index contributed by atoms with van der Waals surface area (Å²) in [6.45, 7) is 2.84. The first-order valence-electron chi connectivity index (χ1n) is 7.67. The second-order valence-corrected chi connectivity index (χ2v) is 6.79. The highest BCUT2D eigenvalue weighted by Crippen LogP contribution is 2.49. The summed E-state index contributed by atoms with van der Waals surface area (Å²) in [5.41, 5.74) is 30.3. The summed E-state index contributed by atoms with van der Waals surface area (Å²) >= 11 is 0. The lowest BCUT2D eigenvalue weighted by Gasteiger charge is -2.54. The van der Waals surface area contributed by atoms with Gasteiger partial charge in [0, 0.05) is 5.54 Å². The molecular weight excluding hydrogens is 238 g/mol. The maximum absolute atomic E-state index is 6.74. The maximum Gasteiger partial charge on any atom is 0.0189 e. The molecule has 19 heavy (non-hydrogen) atoms. The second-order valence-electron chi connectivity index (χ2n) is 6.79. The average Bonchev–Trinajstić information content (AvgIpc) is 2.43. The van der Waals surface area contributed by atoms with E-state index in [1.807, 2.05) is 0 Å². The Kier molecular flexibility index (Phi) is 4.84. The van der Waals surface area contributed by atoms with Crippen molar-refractivity contribution < 1.29 is 0 Å². The molecule has 10 N–H and O–H groups in total. The van der Waals surface area contributed by atoms with Gasteiger partial charge in [-0.25, -0.2) is 0 Å². The Labute approximate surface area is 116 Å². The van der Waals surface area contributed by atoms with Crippen LogP contribution in [-0.2, 0) is 0 Å². The molecule has 2 saturated carbocycles. The normalized spacial score (nSPS) is 46.9. The Morgan fingerprint density at radius 1 is 0.684 bits per heavy atom. The third-order valence-electron chi connectivity index (χ3n) is 5.82. The SMILES string of the molecule is NC[C@@H]1CC2C[C@H](CN)[C@H](CN)CC2(N)C[C@@H]1CN. The summed E-state index contributed by atoms with van der Waals surface area (Å²) in [6.07, 6.45) is 4.24. The number of hydrogen-bond acceptors (Lipinski definition) is 5. The predicted molar refractivity (Wildman–Crippen MR) is 79.1 cm³/mol. The molecule has 0 aliphatic heterocycles. The number of fused-ring (bicyclic) bond motifs is 1. The summed E-state index contributed by atoms with van der Waals surface area (Å²) in [4.78, 5) is 0. The van der Waals surface area contributed by atoms with Crippen molar-refractivity contribution in [2.75, 3.05) is 26.2 Å². The van der Waals surface area contributed by atoms with Gasteiger partial charge < -0.3 is 28.7 Å². The predicted octanol–water partition coefficient (Wildman–Crippen LogP) is -0.813. The largest absolute Gasteiger partial charge is 0.330 e. The van der Waals surface area contributed by atoms with Gasteiger partial charge in [-0.3, -0.25) is 0 Å². The molecule has 0 radical (unpaired) electrons. The molecule has 0 bridgehead atoms. The molecule has 0 saturated heterocycles. The Morgan fingerprint density at radius 3 is 1.37 bits per heavy atom. The van der Waals surface area contributed by atoms with Crippen LogP contribution in [0.2, 0.25) is 0 Å². The summed E-state index contributed by atoms with van der Waals surface area (Å²) < 4.78 is 0. The van der Waals surface area contributed by atoms with E-state index in [1.165, 1.54) is 0 Å². The molecule has 112 valence electrons. The van der Waals surface area contributed by atoms with Crippen LogP contribution in [0.1, 0.15) is 25.7 Å². The molecule has 0 amide bonds. The fraction of sp³-hybridized carbons (Fsp3) is 1.00. The molecule has 2 rings (SSSR count). The monoisotopic (exact) mass is 269 g/mol. The van der Waals surface area contributed by atoms with Gasteiger partial charge in [0.25, 0.3) is 0 Å². The topological polar surface area (TPSA) is 130 Å². The van der Waals surface area contributed by atoms with E-state index in [1.54, 1.807) is 0 Å². The van der Waals surface area contributed by atoms with E-state index in [4.69, 9.17) is 28.7 Å². The van der Waals surface area contributed by atoms with Gasteiger partial charge in [0.15, 0.2) is 0 Å². The van der Waals surface area contributed by atoms with E-state index < -0.39 is 0 Å². The van der Waals surface area contributed by atoms with Crippen molar-refractivity contribution in [1.82, 2.24) is 0 Å². The molecule has 2 unspecified atom stereocenters. The van der Waals surface area contributed by atoms with Gasteiger partial charge in [-0.1, -0.05) is 0 Å². The van der Waals surface area contributed by atoms with E-state index in [9.17, 15) is 0 Å². The maximum atomic E-state index is 6.74. The minimum Gasteiger partial charge on any atom is -0.330 e. The molecule has 2 aliphatic carbocycles. The molecule has 5 heteroatoms. The van der Waals surface area contributed by atoms with Crippen molar-refractivity contribution in [3.63, 3.8) is 0 Å². The molecule has 0 aromatic rings. The van der Waals surface area contributed by atoms with Crippen LogP contribution in [0.3, 0.4) is 0 Å². The molecule has 6 atom stereocenters. The first-order valence-corrected chi connectivity index (χ1v) is 7.67. The van der Waals surface area contributed by atoms with Crippen molar-refractivity contribution in [1.29, 1.82) is 0 Å². The fourth-order valence-electron chi connectivity index (χ4n) is 4.54. The van der Waals surface area contributed by atoms with Crippen LogP contribution in [0.25, 0.3) is 0 Å². The molecule has 0 aromatic heterocycles.